The Labute approximate surface area is 110 Å². The fourth-order valence-electron chi connectivity index (χ4n) is 1.30. The SMILES string of the molecule is Cc1ccc(Br)c(NC(=O)NCCC(C)O)c1. The van der Waals surface area contributed by atoms with Gasteiger partial charge in [0.1, 0.15) is 0 Å². The van der Waals surface area contributed by atoms with Crippen LogP contribution in [0.5, 0.6) is 0 Å². The number of rotatable bonds is 4. The number of carbonyl (C=O) groups is 1. The van der Waals surface area contributed by atoms with Gasteiger partial charge in [-0.05, 0) is 53.9 Å². The first-order chi connectivity index (χ1) is 7.99. The number of urea groups is 1. The predicted molar refractivity (Wildman–Crippen MR) is 72.2 cm³/mol. The van der Waals surface area contributed by atoms with Gasteiger partial charge in [-0.15, -0.1) is 0 Å². The summed E-state index contributed by atoms with van der Waals surface area (Å²) in [6.45, 7) is 4.10. The van der Waals surface area contributed by atoms with Crippen LogP contribution < -0.4 is 10.6 Å². The van der Waals surface area contributed by atoms with E-state index >= 15 is 0 Å². The second-order valence-corrected chi connectivity index (χ2v) is 4.86. The largest absolute Gasteiger partial charge is 0.393 e. The molecule has 0 aliphatic carbocycles. The zero-order valence-electron chi connectivity index (χ0n) is 9.96. The van der Waals surface area contributed by atoms with Crippen molar-refractivity contribution >= 4 is 27.6 Å². The van der Waals surface area contributed by atoms with Gasteiger partial charge >= 0.3 is 6.03 Å². The van der Waals surface area contributed by atoms with Crippen molar-refractivity contribution in [2.75, 3.05) is 11.9 Å². The van der Waals surface area contributed by atoms with Crippen molar-refractivity contribution in [1.29, 1.82) is 0 Å². The molecular formula is C12H17BrN2O2. The summed E-state index contributed by atoms with van der Waals surface area (Å²) in [7, 11) is 0. The van der Waals surface area contributed by atoms with Crippen molar-refractivity contribution in [1.82, 2.24) is 5.32 Å². The normalized spacial score (nSPS) is 12.0. The molecule has 1 rings (SSSR count). The van der Waals surface area contributed by atoms with Crippen LogP contribution in [0.2, 0.25) is 0 Å². The number of benzene rings is 1. The van der Waals surface area contributed by atoms with E-state index in [2.05, 4.69) is 26.6 Å². The number of hydrogen-bond acceptors (Lipinski definition) is 2. The monoisotopic (exact) mass is 300 g/mol. The summed E-state index contributed by atoms with van der Waals surface area (Å²) >= 11 is 3.37. The van der Waals surface area contributed by atoms with E-state index in [1.54, 1.807) is 6.92 Å². The van der Waals surface area contributed by atoms with E-state index in [0.717, 1.165) is 15.7 Å². The topological polar surface area (TPSA) is 61.4 Å². The molecule has 0 fully saturated rings. The Balaban J connectivity index is 2.47. The Morgan fingerprint density at radius 1 is 1.53 bits per heavy atom. The lowest BCUT2D eigenvalue weighted by molar-refractivity contribution is 0.184. The molecule has 0 radical (unpaired) electrons. The highest BCUT2D eigenvalue weighted by Gasteiger charge is 2.05. The van der Waals surface area contributed by atoms with Gasteiger partial charge in [-0.1, -0.05) is 6.07 Å². The van der Waals surface area contributed by atoms with E-state index in [-0.39, 0.29) is 6.03 Å². The fourth-order valence-corrected chi connectivity index (χ4v) is 1.64. The van der Waals surface area contributed by atoms with Gasteiger partial charge in [-0.3, -0.25) is 0 Å². The number of nitrogens with one attached hydrogen (secondary N) is 2. The number of carbonyl (C=O) groups excluding carboxylic acids is 1. The van der Waals surface area contributed by atoms with E-state index in [1.165, 1.54) is 0 Å². The van der Waals surface area contributed by atoms with E-state index in [1.807, 2.05) is 25.1 Å². The number of aliphatic hydroxyl groups is 1. The van der Waals surface area contributed by atoms with Crippen LogP contribution in [0.15, 0.2) is 22.7 Å². The summed E-state index contributed by atoms with van der Waals surface area (Å²) in [6, 6.07) is 5.47. The molecular weight excluding hydrogens is 284 g/mol. The molecule has 0 aliphatic heterocycles. The molecule has 0 heterocycles. The molecule has 0 spiro atoms. The van der Waals surface area contributed by atoms with Gasteiger partial charge < -0.3 is 15.7 Å². The van der Waals surface area contributed by atoms with Crippen LogP contribution in [0.3, 0.4) is 0 Å². The maximum atomic E-state index is 11.5. The van der Waals surface area contributed by atoms with Crippen molar-refractivity contribution in [3.63, 3.8) is 0 Å². The van der Waals surface area contributed by atoms with Gasteiger partial charge in [-0.2, -0.15) is 0 Å². The first-order valence-electron chi connectivity index (χ1n) is 5.48. The van der Waals surface area contributed by atoms with Gasteiger partial charge in [0.2, 0.25) is 0 Å². The maximum Gasteiger partial charge on any atom is 0.319 e. The Bertz CT molecular complexity index is 394. The second kappa shape index (κ2) is 6.61. The van der Waals surface area contributed by atoms with Crippen LogP contribution in [0.25, 0.3) is 0 Å². The van der Waals surface area contributed by atoms with E-state index in [0.29, 0.717) is 13.0 Å². The number of anilines is 1. The average molecular weight is 301 g/mol. The third kappa shape index (κ3) is 5.19. The van der Waals surface area contributed by atoms with Gasteiger partial charge in [0, 0.05) is 11.0 Å². The van der Waals surface area contributed by atoms with Crippen molar-refractivity contribution in [2.45, 2.75) is 26.4 Å². The Morgan fingerprint density at radius 2 is 2.24 bits per heavy atom. The molecule has 1 atom stereocenters. The Hall–Kier alpha value is -1.07. The Morgan fingerprint density at radius 3 is 2.88 bits per heavy atom. The smallest absolute Gasteiger partial charge is 0.319 e. The first kappa shape index (κ1) is 14.0. The van der Waals surface area contributed by atoms with Gasteiger partial charge in [-0.25, -0.2) is 4.79 Å². The minimum atomic E-state index is -0.402. The number of aryl methyl sites for hydroxylation is 1. The van der Waals surface area contributed by atoms with E-state index in [4.69, 9.17) is 5.11 Å². The van der Waals surface area contributed by atoms with Crippen LogP contribution in [0, 0.1) is 6.92 Å². The van der Waals surface area contributed by atoms with Crippen molar-refractivity contribution in [3.8, 4) is 0 Å². The molecule has 94 valence electrons. The highest BCUT2D eigenvalue weighted by molar-refractivity contribution is 9.10. The highest BCUT2D eigenvalue weighted by Crippen LogP contribution is 2.23. The summed E-state index contributed by atoms with van der Waals surface area (Å²) in [5, 5.41) is 14.5. The molecule has 0 saturated carbocycles. The molecule has 3 N–H and O–H groups in total. The Kier molecular flexibility index (Phi) is 5.44. The van der Waals surface area contributed by atoms with Crippen LogP contribution >= 0.6 is 15.9 Å². The number of hydrogen-bond donors (Lipinski definition) is 3. The standard InChI is InChI=1S/C12H17BrN2O2/c1-8-3-4-10(13)11(7-8)15-12(17)14-6-5-9(2)16/h3-4,7,9,16H,5-6H2,1-2H3,(H2,14,15,17). The molecule has 1 aromatic carbocycles. The lowest BCUT2D eigenvalue weighted by Gasteiger charge is -2.10. The van der Waals surface area contributed by atoms with Crippen molar-refractivity contribution < 1.29 is 9.90 Å². The lowest BCUT2D eigenvalue weighted by Crippen LogP contribution is -2.31. The first-order valence-corrected chi connectivity index (χ1v) is 6.27. The van der Waals surface area contributed by atoms with Gasteiger partial charge in [0.05, 0.1) is 11.8 Å². The van der Waals surface area contributed by atoms with Gasteiger partial charge in [0.25, 0.3) is 0 Å². The third-order valence-electron chi connectivity index (χ3n) is 2.22. The summed E-state index contributed by atoms with van der Waals surface area (Å²) in [6.07, 6.45) is 0.142. The quantitative estimate of drug-likeness (QED) is 0.800. The molecule has 0 bridgehead atoms. The highest BCUT2D eigenvalue weighted by atomic mass is 79.9. The lowest BCUT2D eigenvalue weighted by atomic mass is 10.2. The second-order valence-electron chi connectivity index (χ2n) is 4.00. The van der Waals surface area contributed by atoms with Crippen LogP contribution in [-0.2, 0) is 0 Å². The molecule has 1 unspecified atom stereocenters. The van der Waals surface area contributed by atoms with E-state index < -0.39 is 6.10 Å². The molecule has 1 aromatic rings. The minimum absolute atomic E-state index is 0.267. The van der Waals surface area contributed by atoms with Crippen LogP contribution in [-0.4, -0.2) is 23.8 Å². The van der Waals surface area contributed by atoms with Crippen LogP contribution in [0.1, 0.15) is 18.9 Å². The fraction of sp³-hybridized carbons (Fsp3) is 0.417. The zero-order valence-corrected chi connectivity index (χ0v) is 11.5. The third-order valence-corrected chi connectivity index (χ3v) is 2.91. The zero-order chi connectivity index (χ0) is 12.8. The molecule has 5 heteroatoms. The average Bonchev–Trinajstić information content (AvgIpc) is 2.23. The number of halogens is 1. The molecule has 17 heavy (non-hydrogen) atoms. The minimum Gasteiger partial charge on any atom is -0.393 e. The van der Waals surface area contributed by atoms with Crippen LogP contribution in [0.4, 0.5) is 10.5 Å². The molecule has 4 nitrogen and oxygen atoms in total. The number of aliphatic hydroxyl groups excluding tert-OH is 1. The van der Waals surface area contributed by atoms with E-state index in [9.17, 15) is 4.79 Å². The van der Waals surface area contributed by atoms with Gasteiger partial charge in [0.15, 0.2) is 0 Å². The summed E-state index contributed by atoms with van der Waals surface area (Å²) in [5.74, 6) is 0. The van der Waals surface area contributed by atoms with Crippen molar-refractivity contribution in [3.05, 3.63) is 28.2 Å². The summed E-state index contributed by atoms with van der Waals surface area (Å²) in [5.41, 5.74) is 1.81. The number of amides is 2. The molecule has 2 amide bonds. The molecule has 0 aromatic heterocycles. The molecule has 0 saturated heterocycles. The maximum absolute atomic E-state index is 11.5. The molecule has 0 aliphatic rings. The van der Waals surface area contributed by atoms with Crippen molar-refractivity contribution in [2.24, 2.45) is 0 Å². The predicted octanol–water partition coefficient (Wildman–Crippen LogP) is 2.65. The summed E-state index contributed by atoms with van der Waals surface area (Å²) in [4.78, 5) is 11.5. The summed E-state index contributed by atoms with van der Waals surface area (Å²) < 4.78 is 0.841.